The minimum Gasteiger partial charge on any atom is -0.484 e. The van der Waals surface area contributed by atoms with Gasteiger partial charge in [0.15, 0.2) is 6.61 Å². The number of amides is 1. The van der Waals surface area contributed by atoms with Crippen molar-refractivity contribution in [2.75, 3.05) is 46.0 Å². The molecule has 1 aromatic carbocycles. The van der Waals surface area contributed by atoms with Crippen molar-refractivity contribution in [3.63, 3.8) is 0 Å². The Kier molecular flexibility index (Phi) is 9.17. The molecule has 1 aliphatic heterocycles. The second-order valence-electron chi connectivity index (χ2n) is 6.85. The van der Waals surface area contributed by atoms with Crippen LogP contribution in [0.4, 0.5) is 0 Å². The van der Waals surface area contributed by atoms with Crippen LogP contribution in [0, 0.1) is 0 Å². The first-order valence-electron chi connectivity index (χ1n) is 9.72. The molecule has 1 heterocycles. The van der Waals surface area contributed by atoms with Crippen molar-refractivity contribution in [2.24, 2.45) is 0 Å². The highest BCUT2D eigenvalue weighted by molar-refractivity contribution is 7.89. The van der Waals surface area contributed by atoms with Gasteiger partial charge in [-0.3, -0.25) is 9.69 Å². The fraction of sp³-hybridized carbons (Fsp3) is 0.632. The van der Waals surface area contributed by atoms with Gasteiger partial charge in [-0.1, -0.05) is 6.92 Å². The van der Waals surface area contributed by atoms with E-state index in [2.05, 4.69) is 14.9 Å². The molecule has 1 aromatic rings. The smallest absolute Gasteiger partial charge is 0.257 e. The summed E-state index contributed by atoms with van der Waals surface area (Å²) in [6, 6.07) is 5.92. The molecule has 0 aliphatic carbocycles. The molecule has 0 radical (unpaired) electrons. The molecular weight excluding hydrogens is 382 g/mol. The summed E-state index contributed by atoms with van der Waals surface area (Å²) in [4.78, 5) is 14.4. The van der Waals surface area contributed by atoms with Gasteiger partial charge in [-0.05, 0) is 50.6 Å². The van der Waals surface area contributed by atoms with Crippen LogP contribution >= 0.6 is 0 Å². The van der Waals surface area contributed by atoms with Gasteiger partial charge in [0.2, 0.25) is 10.0 Å². The van der Waals surface area contributed by atoms with Gasteiger partial charge in [-0.25, -0.2) is 13.1 Å². The average Bonchev–Trinajstić information content (AvgIpc) is 2.70. The number of morpholine rings is 1. The SMILES string of the molecule is CC[C@@H](C)NS(=O)(=O)c1ccc(OCC(=O)NCCCN2CCOCC2)cc1. The second kappa shape index (κ2) is 11.4. The maximum Gasteiger partial charge on any atom is 0.257 e. The van der Waals surface area contributed by atoms with Crippen LogP contribution in [0.5, 0.6) is 5.75 Å². The Morgan fingerprint density at radius 1 is 1.25 bits per heavy atom. The molecule has 28 heavy (non-hydrogen) atoms. The Balaban J connectivity index is 1.68. The highest BCUT2D eigenvalue weighted by atomic mass is 32.2. The first-order chi connectivity index (χ1) is 13.4. The maximum atomic E-state index is 12.2. The zero-order chi connectivity index (χ0) is 20.4. The second-order valence-corrected chi connectivity index (χ2v) is 8.56. The number of rotatable bonds is 11. The third-order valence-electron chi connectivity index (χ3n) is 4.55. The monoisotopic (exact) mass is 413 g/mol. The van der Waals surface area contributed by atoms with Crippen LogP contribution in [0.25, 0.3) is 0 Å². The Morgan fingerprint density at radius 3 is 2.57 bits per heavy atom. The standard InChI is InChI=1S/C19H31N3O5S/c1-3-16(2)21-28(24,25)18-7-5-17(6-8-18)27-15-19(23)20-9-4-10-22-11-13-26-14-12-22/h5-8,16,21H,3-4,9-15H2,1-2H3,(H,20,23)/t16-/m1/s1. The lowest BCUT2D eigenvalue weighted by molar-refractivity contribution is -0.123. The predicted octanol–water partition coefficient (Wildman–Crippen LogP) is 0.981. The summed E-state index contributed by atoms with van der Waals surface area (Å²) >= 11 is 0. The molecule has 1 fully saturated rings. The summed E-state index contributed by atoms with van der Waals surface area (Å²) in [6.07, 6.45) is 1.59. The van der Waals surface area contributed by atoms with Gasteiger partial charge in [0.1, 0.15) is 5.75 Å². The van der Waals surface area contributed by atoms with E-state index in [0.717, 1.165) is 39.3 Å². The number of nitrogens with one attached hydrogen (secondary N) is 2. The molecular formula is C19H31N3O5S. The van der Waals surface area contributed by atoms with Crippen molar-refractivity contribution in [2.45, 2.75) is 37.6 Å². The molecule has 2 rings (SSSR count). The summed E-state index contributed by atoms with van der Waals surface area (Å²) in [5.74, 6) is 0.253. The zero-order valence-corrected chi connectivity index (χ0v) is 17.5. The van der Waals surface area contributed by atoms with Gasteiger partial charge < -0.3 is 14.8 Å². The topological polar surface area (TPSA) is 97.0 Å². The van der Waals surface area contributed by atoms with Crippen molar-refractivity contribution in [3.05, 3.63) is 24.3 Å². The highest BCUT2D eigenvalue weighted by Gasteiger charge is 2.16. The van der Waals surface area contributed by atoms with E-state index >= 15 is 0 Å². The quantitative estimate of drug-likeness (QED) is 0.525. The molecule has 0 spiro atoms. The van der Waals surface area contributed by atoms with Crippen LogP contribution in [0.3, 0.4) is 0 Å². The molecule has 1 saturated heterocycles. The van der Waals surface area contributed by atoms with Crippen molar-refractivity contribution in [3.8, 4) is 5.75 Å². The van der Waals surface area contributed by atoms with Gasteiger partial charge in [0, 0.05) is 25.7 Å². The van der Waals surface area contributed by atoms with Gasteiger partial charge in [0.25, 0.3) is 5.91 Å². The van der Waals surface area contributed by atoms with E-state index in [0.29, 0.717) is 18.7 Å². The molecule has 0 aromatic heterocycles. The Hall–Kier alpha value is -1.68. The molecule has 8 nitrogen and oxygen atoms in total. The fourth-order valence-corrected chi connectivity index (χ4v) is 4.01. The molecule has 158 valence electrons. The highest BCUT2D eigenvalue weighted by Crippen LogP contribution is 2.16. The number of carbonyl (C=O) groups excluding carboxylic acids is 1. The van der Waals surface area contributed by atoms with Crippen molar-refractivity contribution in [1.29, 1.82) is 0 Å². The van der Waals surface area contributed by atoms with Crippen molar-refractivity contribution >= 4 is 15.9 Å². The fourth-order valence-electron chi connectivity index (χ4n) is 2.69. The van der Waals surface area contributed by atoms with E-state index in [1.165, 1.54) is 12.1 Å². The molecule has 0 unspecified atom stereocenters. The first kappa shape index (κ1) is 22.6. The minimum atomic E-state index is -3.54. The van der Waals surface area contributed by atoms with Crippen LogP contribution in [-0.4, -0.2) is 71.3 Å². The molecule has 9 heteroatoms. The number of sulfonamides is 1. The summed E-state index contributed by atoms with van der Waals surface area (Å²) < 4.78 is 37.8. The molecule has 1 amide bonds. The minimum absolute atomic E-state index is 0.102. The zero-order valence-electron chi connectivity index (χ0n) is 16.6. The van der Waals surface area contributed by atoms with Crippen molar-refractivity contribution in [1.82, 2.24) is 14.9 Å². The van der Waals surface area contributed by atoms with E-state index < -0.39 is 10.0 Å². The van der Waals surface area contributed by atoms with E-state index in [4.69, 9.17) is 9.47 Å². The van der Waals surface area contributed by atoms with Crippen LogP contribution in [-0.2, 0) is 19.6 Å². The van der Waals surface area contributed by atoms with Crippen LogP contribution in [0.2, 0.25) is 0 Å². The summed E-state index contributed by atoms with van der Waals surface area (Å²) in [5.41, 5.74) is 0. The van der Waals surface area contributed by atoms with Crippen LogP contribution in [0.1, 0.15) is 26.7 Å². The van der Waals surface area contributed by atoms with E-state index in [1.54, 1.807) is 12.1 Å². The predicted molar refractivity (Wildman–Crippen MR) is 107 cm³/mol. The van der Waals surface area contributed by atoms with E-state index in [-0.39, 0.29) is 23.5 Å². The van der Waals surface area contributed by atoms with Crippen LogP contribution in [0.15, 0.2) is 29.2 Å². The number of hydrogen-bond donors (Lipinski definition) is 2. The lowest BCUT2D eigenvalue weighted by atomic mass is 10.3. The third-order valence-corrected chi connectivity index (χ3v) is 6.16. The summed E-state index contributed by atoms with van der Waals surface area (Å²) in [7, 11) is -3.54. The largest absolute Gasteiger partial charge is 0.484 e. The molecule has 0 bridgehead atoms. The van der Waals surface area contributed by atoms with E-state index in [1.807, 2.05) is 13.8 Å². The molecule has 1 aliphatic rings. The van der Waals surface area contributed by atoms with Crippen molar-refractivity contribution < 1.29 is 22.7 Å². The average molecular weight is 414 g/mol. The molecule has 2 N–H and O–H groups in total. The summed E-state index contributed by atoms with van der Waals surface area (Å²) in [5, 5.41) is 2.83. The number of benzene rings is 1. The lowest BCUT2D eigenvalue weighted by Gasteiger charge is -2.26. The number of hydrogen-bond acceptors (Lipinski definition) is 6. The van der Waals surface area contributed by atoms with Gasteiger partial charge in [0.05, 0.1) is 18.1 Å². The maximum absolute atomic E-state index is 12.2. The number of ether oxygens (including phenoxy) is 2. The number of carbonyl (C=O) groups is 1. The lowest BCUT2D eigenvalue weighted by Crippen LogP contribution is -2.38. The van der Waals surface area contributed by atoms with Gasteiger partial charge >= 0.3 is 0 Å². The third kappa shape index (κ3) is 7.75. The van der Waals surface area contributed by atoms with Gasteiger partial charge in [-0.15, -0.1) is 0 Å². The normalized spacial score (nSPS) is 16.5. The number of nitrogens with zero attached hydrogens (tertiary/aromatic N) is 1. The Labute approximate surface area is 167 Å². The van der Waals surface area contributed by atoms with Gasteiger partial charge in [-0.2, -0.15) is 0 Å². The molecule has 0 saturated carbocycles. The molecule has 1 atom stereocenters. The van der Waals surface area contributed by atoms with Crippen LogP contribution < -0.4 is 14.8 Å². The Bertz CT molecular complexity index is 703. The summed E-state index contributed by atoms with van der Waals surface area (Å²) in [6.45, 7) is 8.58. The van der Waals surface area contributed by atoms with E-state index in [9.17, 15) is 13.2 Å². The Morgan fingerprint density at radius 2 is 1.93 bits per heavy atom. The first-order valence-corrected chi connectivity index (χ1v) is 11.2.